The lowest BCUT2D eigenvalue weighted by Crippen LogP contribution is -1.84. The van der Waals surface area contributed by atoms with Gasteiger partial charge in [-0.1, -0.05) is 0 Å². The topological polar surface area (TPSA) is 24.4 Å². The van der Waals surface area contributed by atoms with Crippen molar-refractivity contribution in [1.29, 1.82) is 0 Å². The van der Waals surface area contributed by atoms with E-state index in [1.54, 1.807) is 17.5 Å². The third-order valence-corrected chi connectivity index (χ3v) is 2.15. The summed E-state index contributed by atoms with van der Waals surface area (Å²) in [5.74, 6) is 0. The molecule has 1 aromatic heterocycles. The molecule has 0 saturated carbocycles. The van der Waals surface area contributed by atoms with E-state index < -0.39 is 0 Å². The molecule has 0 aromatic carbocycles. The van der Waals surface area contributed by atoms with E-state index in [-0.39, 0.29) is 0 Å². The number of rotatable bonds is 0. The summed E-state index contributed by atoms with van der Waals surface area (Å²) in [7, 11) is 0. The molecule has 0 amide bonds. The van der Waals surface area contributed by atoms with E-state index in [0.29, 0.717) is 0 Å². The zero-order valence-corrected chi connectivity index (χ0v) is 6.06. The van der Waals surface area contributed by atoms with E-state index in [4.69, 9.17) is 0 Å². The molecule has 0 fully saturated rings. The van der Waals surface area contributed by atoms with Crippen LogP contribution in [0.3, 0.4) is 0 Å². The fourth-order valence-electron chi connectivity index (χ4n) is 0.817. The fraction of sp³-hybridized carbons (Fsp3) is 0. The summed E-state index contributed by atoms with van der Waals surface area (Å²) < 4.78 is 0. The Morgan fingerprint density at radius 3 is 3.50 bits per heavy atom. The van der Waals surface area contributed by atoms with Gasteiger partial charge in [0.1, 0.15) is 5.00 Å². The van der Waals surface area contributed by atoms with Crippen LogP contribution in [0.4, 0.5) is 5.00 Å². The Kier molecular flexibility index (Phi) is 1.29. The predicted octanol–water partition coefficient (Wildman–Crippen LogP) is 2.06. The maximum absolute atomic E-state index is 4.02. The molecule has 1 aromatic rings. The molecule has 10 heavy (non-hydrogen) atoms. The first kappa shape index (κ1) is 5.68. The first-order chi connectivity index (χ1) is 4.97. The van der Waals surface area contributed by atoms with E-state index in [0.717, 1.165) is 10.6 Å². The normalized spacial score (nSPS) is 14.0. The van der Waals surface area contributed by atoms with Crippen molar-refractivity contribution in [3.63, 3.8) is 0 Å². The van der Waals surface area contributed by atoms with Crippen molar-refractivity contribution in [1.82, 2.24) is 0 Å². The molecular weight excluding hydrogens is 144 g/mol. The Bertz CT molecular complexity index is 286. The van der Waals surface area contributed by atoms with Crippen molar-refractivity contribution < 1.29 is 0 Å². The van der Waals surface area contributed by atoms with Gasteiger partial charge >= 0.3 is 0 Å². The summed E-state index contributed by atoms with van der Waals surface area (Å²) in [5, 5.41) is 6.33. The van der Waals surface area contributed by atoms with Gasteiger partial charge in [-0.2, -0.15) is 0 Å². The molecule has 0 spiro atoms. The van der Waals surface area contributed by atoms with E-state index in [1.165, 1.54) is 0 Å². The average molecular weight is 150 g/mol. The van der Waals surface area contributed by atoms with Crippen molar-refractivity contribution >= 4 is 22.6 Å². The van der Waals surface area contributed by atoms with Gasteiger partial charge in [-0.15, -0.1) is 11.3 Å². The fourth-order valence-corrected chi connectivity index (χ4v) is 1.56. The minimum absolute atomic E-state index is 1.16. The standard InChI is InChI=1S/C7H6N2S/c1-4-10-7-6(1)5-8-2-3-9-7/h1-5,9H. The molecule has 2 nitrogen and oxygen atoms in total. The van der Waals surface area contributed by atoms with Gasteiger partial charge < -0.3 is 5.32 Å². The van der Waals surface area contributed by atoms with Crippen LogP contribution in [0.15, 0.2) is 28.8 Å². The first-order valence-corrected chi connectivity index (χ1v) is 3.87. The van der Waals surface area contributed by atoms with Gasteiger partial charge in [-0.3, -0.25) is 4.99 Å². The Morgan fingerprint density at radius 2 is 2.50 bits per heavy atom. The average Bonchev–Trinajstić information content (AvgIpc) is 2.28. The van der Waals surface area contributed by atoms with Crippen molar-refractivity contribution in [2.75, 3.05) is 5.32 Å². The first-order valence-electron chi connectivity index (χ1n) is 2.99. The van der Waals surface area contributed by atoms with Gasteiger partial charge in [0, 0.05) is 24.2 Å². The van der Waals surface area contributed by atoms with Crippen LogP contribution in [-0.4, -0.2) is 6.21 Å². The van der Waals surface area contributed by atoms with Gasteiger partial charge in [-0.25, -0.2) is 0 Å². The van der Waals surface area contributed by atoms with Crippen LogP contribution in [0.1, 0.15) is 5.56 Å². The molecule has 2 heterocycles. The van der Waals surface area contributed by atoms with E-state index in [2.05, 4.69) is 10.3 Å². The van der Waals surface area contributed by atoms with Crippen molar-refractivity contribution in [2.45, 2.75) is 0 Å². The van der Waals surface area contributed by atoms with Crippen LogP contribution in [0.2, 0.25) is 0 Å². The Hall–Kier alpha value is -1.09. The molecule has 0 aliphatic carbocycles. The zero-order chi connectivity index (χ0) is 6.81. The van der Waals surface area contributed by atoms with Crippen molar-refractivity contribution in [3.8, 4) is 0 Å². The number of fused-ring (bicyclic) bond motifs is 1. The smallest absolute Gasteiger partial charge is 0.101 e. The molecule has 0 atom stereocenters. The summed E-state index contributed by atoms with van der Waals surface area (Å²) >= 11 is 1.69. The summed E-state index contributed by atoms with van der Waals surface area (Å²) in [5.41, 5.74) is 1.16. The number of hydrogen-bond acceptors (Lipinski definition) is 3. The zero-order valence-electron chi connectivity index (χ0n) is 5.24. The third-order valence-electron chi connectivity index (χ3n) is 1.28. The van der Waals surface area contributed by atoms with Crippen LogP contribution in [0, 0.1) is 0 Å². The lowest BCUT2D eigenvalue weighted by Gasteiger charge is -1.92. The maximum Gasteiger partial charge on any atom is 0.101 e. The number of aliphatic imine (C=N–C) groups is 1. The number of nitrogens with one attached hydrogen (secondary N) is 1. The van der Waals surface area contributed by atoms with Crippen LogP contribution >= 0.6 is 11.3 Å². The minimum Gasteiger partial charge on any atom is -0.351 e. The molecule has 0 radical (unpaired) electrons. The lowest BCUT2D eigenvalue weighted by molar-refractivity contribution is 1.57. The van der Waals surface area contributed by atoms with Crippen molar-refractivity contribution in [3.05, 3.63) is 29.4 Å². The second-order valence-electron chi connectivity index (χ2n) is 1.94. The minimum atomic E-state index is 1.16. The molecule has 0 saturated heterocycles. The molecule has 1 N–H and O–H groups in total. The molecule has 2 rings (SSSR count). The molecule has 0 unspecified atom stereocenters. The Morgan fingerprint density at radius 1 is 1.50 bits per heavy atom. The molecule has 0 bridgehead atoms. The predicted molar refractivity (Wildman–Crippen MR) is 44.7 cm³/mol. The number of nitrogens with zero attached hydrogens (tertiary/aromatic N) is 1. The lowest BCUT2D eigenvalue weighted by atomic mass is 10.3. The second-order valence-corrected chi connectivity index (χ2v) is 2.86. The monoisotopic (exact) mass is 150 g/mol. The summed E-state index contributed by atoms with van der Waals surface area (Å²) in [6.07, 6.45) is 5.42. The quantitative estimate of drug-likeness (QED) is 0.601. The van der Waals surface area contributed by atoms with Crippen LogP contribution in [-0.2, 0) is 0 Å². The Balaban J connectivity index is 2.50. The Labute approximate surface area is 62.9 Å². The summed E-state index contributed by atoms with van der Waals surface area (Å²) in [6.45, 7) is 0. The third kappa shape index (κ3) is 0.844. The summed E-state index contributed by atoms with van der Waals surface area (Å²) in [6, 6.07) is 2.05. The van der Waals surface area contributed by atoms with Crippen LogP contribution in [0.25, 0.3) is 0 Å². The SMILES string of the molecule is C1=CNc2sccc2C=N1. The molecule has 50 valence electrons. The van der Waals surface area contributed by atoms with Crippen LogP contribution in [0.5, 0.6) is 0 Å². The second kappa shape index (κ2) is 2.27. The van der Waals surface area contributed by atoms with Gasteiger partial charge in [0.2, 0.25) is 0 Å². The molecule has 3 heteroatoms. The largest absolute Gasteiger partial charge is 0.351 e. The van der Waals surface area contributed by atoms with Gasteiger partial charge in [0.15, 0.2) is 0 Å². The number of thiophene rings is 1. The van der Waals surface area contributed by atoms with Gasteiger partial charge in [-0.05, 0) is 11.4 Å². The number of anilines is 1. The van der Waals surface area contributed by atoms with Crippen LogP contribution < -0.4 is 5.32 Å². The van der Waals surface area contributed by atoms with E-state index >= 15 is 0 Å². The van der Waals surface area contributed by atoms with E-state index in [1.807, 2.05) is 23.9 Å². The van der Waals surface area contributed by atoms with Gasteiger partial charge in [0.05, 0.1) is 0 Å². The van der Waals surface area contributed by atoms with Crippen molar-refractivity contribution in [2.24, 2.45) is 4.99 Å². The van der Waals surface area contributed by atoms with E-state index in [9.17, 15) is 0 Å². The highest BCUT2D eigenvalue weighted by atomic mass is 32.1. The number of hydrogen-bond donors (Lipinski definition) is 1. The molecule has 1 aliphatic rings. The maximum atomic E-state index is 4.02. The highest BCUT2D eigenvalue weighted by Crippen LogP contribution is 2.22. The van der Waals surface area contributed by atoms with Gasteiger partial charge in [0.25, 0.3) is 0 Å². The highest BCUT2D eigenvalue weighted by Gasteiger charge is 1.99. The highest BCUT2D eigenvalue weighted by molar-refractivity contribution is 7.14. The summed E-state index contributed by atoms with van der Waals surface area (Å²) in [4.78, 5) is 4.02. The molecule has 1 aliphatic heterocycles. The molecular formula is C7H6N2S.